The monoisotopic (exact) mass is 420 g/mol. The second-order valence-corrected chi connectivity index (χ2v) is 6.86. The lowest BCUT2D eigenvalue weighted by atomic mass is 10.1. The van der Waals surface area contributed by atoms with Gasteiger partial charge in [0.25, 0.3) is 5.91 Å². The van der Waals surface area contributed by atoms with E-state index in [0.717, 1.165) is 23.4 Å². The van der Waals surface area contributed by atoms with Crippen LogP contribution in [-0.2, 0) is 19.6 Å². The first-order valence-electron chi connectivity index (χ1n) is 10.2. The fraction of sp³-hybridized carbons (Fsp3) is 0.250. The number of carbonyl (C=O) groups excluding carboxylic acids is 1. The Hall–Kier alpha value is -3.74. The summed E-state index contributed by atoms with van der Waals surface area (Å²) in [6.45, 7) is 4.20. The summed E-state index contributed by atoms with van der Waals surface area (Å²) >= 11 is 0. The van der Waals surface area contributed by atoms with Gasteiger partial charge in [0.15, 0.2) is 5.96 Å². The van der Waals surface area contributed by atoms with Gasteiger partial charge in [-0.3, -0.25) is 4.79 Å². The number of hydrogen-bond donors (Lipinski definition) is 3. The molecule has 0 saturated carbocycles. The molecule has 162 valence electrons. The molecule has 0 aliphatic carbocycles. The predicted molar refractivity (Wildman–Crippen MR) is 121 cm³/mol. The molecular weight excluding hydrogens is 392 g/mol. The van der Waals surface area contributed by atoms with Gasteiger partial charge in [0, 0.05) is 18.7 Å². The van der Waals surface area contributed by atoms with Crippen LogP contribution in [0, 0.1) is 0 Å². The minimum Gasteiger partial charge on any atom is -0.497 e. The van der Waals surface area contributed by atoms with Crippen molar-refractivity contribution >= 4 is 11.9 Å². The molecule has 2 aromatic carbocycles. The summed E-state index contributed by atoms with van der Waals surface area (Å²) in [5, 5.41) is 9.43. The average molecular weight is 421 g/mol. The van der Waals surface area contributed by atoms with Gasteiger partial charge in [-0.1, -0.05) is 24.3 Å². The van der Waals surface area contributed by atoms with E-state index in [0.29, 0.717) is 36.9 Å². The van der Waals surface area contributed by atoms with Crippen molar-refractivity contribution in [1.29, 1.82) is 0 Å². The van der Waals surface area contributed by atoms with Crippen LogP contribution in [0.2, 0.25) is 0 Å². The number of furan rings is 1. The minimum atomic E-state index is -0.148. The molecule has 31 heavy (non-hydrogen) atoms. The molecule has 0 spiro atoms. The number of benzene rings is 2. The summed E-state index contributed by atoms with van der Waals surface area (Å²) in [7, 11) is 1.66. The van der Waals surface area contributed by atoms with E-state index in [9.17, 15) is 4.79 Å². The zero-order chi connectivity index (χ0) is 21.9. The van der Waals surface area contributed by atoms with Crippen LogP contribution >= 0.6 is 0 Å². The third kappa shape index (κ3) is 6.92. The summed E-state index contributed by atoms with van der Waals surface area (Å²) in [5.41, 5.74) is 2.64. The van der Waals surface area contributed by atoms with Gasteiger partial charge in [-0.25, -0.2) is 4.99 Å². The topological polar surface area (TPSA) is 87.9 Å². The average Bonchev–Trinajstić information content (AvgIpc) is 3.33. The highest BCUT2D eigenvalue weighted by molar-refractivity contribution is 5.94. The highest BCUT2D eigenvalue weighted by atomic mass is 16.5. The zero-order valence-electron chi connectivity index (χ0n) is 17.9. The van der Waals surface area contributed by atoms with Gasteiger partial charge < -0.3 is 25.1 Å². The molecule has 3 rings (SSSR count). The molecule has 1 heterocycles. The van der Waals surface area contributed by atoms with Crippen molar-refractivity contribution in [2.75, 3.05) is 13.7 Å². The van der Waals surface area contributed by atoms with Crippen LogP contribution in [0.15, 0.2) is 76.3 Å². The van der Waals surface area contributed by atoms with E-state index in [4.69, 9.17) is 9.15 Å². The van der Waals surface area contributed by atoms with Crippen molar-refractivity contribution in [2.45, 2.75) is 26.6 Å². The first-order chi connectivity index (χ1) is 15.2. The second-order valence-electron chi connectivity index (χ2n) is 6.86. The van der Waals surface area contributed by atoms with Gasteiger partial charge in [0.1, 0.15) is 11.5 Å². The highest BCUT2D eigenvalue weighted by Crippen LogP contribution is 2.12. The molecule has 1 aromatic heterocycles. The van der Waals surface area contributed by atoms with Crippen LogP contribution in [0.1, 0.15) is 34.2 Å². The first kappa shape index (κ1) is 22.0. The molecule has 0 aliphatic heterocycles. The number of amides is 1. The number of guanidine groups is 1. The van der Waals surface area contributed by atoms with Gasteiger partial charge in [0.05, 0.1) is 26.5 Å². The maximum atomic E-state index is 12.4. The van der Waals surface area contributed by atoms with Crippen molar-refractivity contribution < 1.29 is 13.9 Å². The molecule has 3 N–H and O–H groups in total. The summed E-state index contributed by atoms with van der Waals surface area (Å²) in [4.78, 5) is 17.1. The first-order valence-corrected chi connectivity index (χ1v) is 10.2. The van der Waals surface area contributed by atoms with Crippen molar-refractivity contribution in [3.8, 4) is 5.75 Å². The van der Waals surface area contributed by atoms with E-state index in [-0.39, 0.29) is 5.91 Å². The largest absolute Gasteiger partial charge is 0.497 e. The Morgan fingerprint density at radius 3 is 2.58 bits per heavy atom. The fourth-order valence-electron chi connectivity index (χ4n) is 2.97. The van der Waals surface area contributed by atoms with E-state index in [2.05, 4.69) is 20.9 Å². The summed E-state index contributed by atoms with van der Waals surface area (Å²) < 4.78 is 10.5. The van der Waals surface area contributed by atoms with Gasteiger partial charge in [-0.05, 0) is 54.4 Å². The Labute approximate surface area is 182 Å². The molecule has 3 aromatic rings. The number of carbonyl (C=O) groups is 1. The standard InChI is InChI=1S/C24H28N4O3/c1-3-25-24(28-16-19-8-5-10-21(14-19)30-2)27-15-18-7-4-9-20(13-18)23(29)26-17-22-11-6-12-31-22/h4-14H,3,15-17H2,1-2H3,(H,26,29)(H2,25,27,28). The molecule has 7 heteroatoms. The predicted octanol–water partition coefficient (Wildman–Crippen LogP) is 3.47. The SMILES string of the molecule is CCNC(=NCc1cccc(C(=O)NCc2ccco2)c1)NCc1cccc(OC)c1. The van der Waals surface area contributed by atoms with Gasteiger partial charge >= 0.3 is 0 Å². The molecule has 0 saturated heterocycles. The fourth-order valence-corrected chi connectivity index (χ4v) is 2.97. The molecule has 0 radical (unpaired) electrons. The summed E-state index contributed by atoms with van der Waals surface area (Å²) in [6, 6.07) is 19.0. The van der Waals surface area contributed by atoms with E-state index in [1.54, 1.807) is 25.5 Å². The van der Waals surface area contributed by atoms with Crippen LogP contribution in [0.4, 0.5) is 0 Å². The third-order valence-corrected chi connectivity index (χ3v) is 4.55. The molecule has 7 nitrogen and oxygen atoms in total. The summed E-state index contributed by atoms with van der Waals surface area (Å²) in [6.07, 6.45) is 1.59. The van der Waals surface area contributed by atoms with Crippen LogP contribution in [0.25, 0.3) is 0 Å². The van der Waals surface area contributed by atoms with E-state index in [1.807, 2.05) is 55.5 Å². The van der Waals surface area contributed by atoms with Crippen LogP contribution in [0.3, 0.4) is 0 Å². The molecule has 0 fully saturated rings. The molecule has 0 unspecified atom stereocenters. The lowest BCUT2D eigenvalue weighted by Crippen LogP contribution is -2.36. The minimum absolute atomic E-state index is 0.148. The van der Waals surface area contributed by atoms with E-state index in [1.165, 1.54) is 0 Å². The van der Waals surface area contributed by atoms with Crippen molar-refractivity contribution in [1.82, 2.24) is 16.0 Å². The number of rotatable bonds is 9. The number of methoxy groups -OCH3 is 1. The number of aliphatic imine (C=N–C) groups is 1. The maximum absolute atomic E-state index is 12.4. The van der Waals surface area contributed by atoms with Crippen LogP contribution in [0.5, 0.6) is 5.75 Å². The normalized spacial score (nSPS) is 11.1. The van der Waals surface area contributed by atoms with Gasteiger partial charge in [0.2, 0.25) is 0 Å². The van der Waals surface area contributed by atoms with Crippen molar-refractivity contribution in [3.05, 3.63) is 89.4 Å². The number of nitrogens with one attached hydrogen (secondary N) is 3. The highest BCUT2D eigenvalue weighted by Gasteiger charge is 2.07. The third-order valence-electron chi connectivity index (χ3n) is 4.55. The Balaban J connectivity index is 1.59. The van der Waals surface area contributed by atoms with Crippen LogP contribution in [-0.4, -0.2) is 25.5 Å². The zero-order valence-corrected chi connectivity index (χ0v) is 17.9. The smallest absolute Gasteiger partial charge is 0.251 e. The number of hydrogen-bond acceptors (Lipinski definition) is 4. The lowest BCUT2D eigenvalue weighted by molar-refractivity contribution is 0.0948. The van der Waals surface area contributed by atoms with E-state index < -0.39 is 0 Å². The Bertz CT molecular complexity index is 1000. The second kappa shape index (κ2) is 11.4. The lowest BCUT2D eigenvalue weighted by Gasteiger charge is -2.12. The molecule has 1 amide bonds. The van der Waals surface area contributed by atoms with Gasteiger partial charge in [-0.2, -0.15) is 0 Å². The number of nitrogens with zero attached hydrogens (tertiary/aromatic N) is 1. The Morgan fingerprint density at radius 2 is 1.81 bits per heavy atom. The van der Waals surface area contributed by atoms with Crippen molar-refractivity contribution in [2.24, 2.45) is 4.99 Å². The number of ether oxygens (including phenoxy) is 1. The molecule has 0 atom stereocenters. The summed E-state index contributed by atoms with van der Waals surface area (Å²) in [5.74, 6) is 2.10. The quantitative estimate of drug-likeness (QED) is 0.364. The molecule has 0 aliphatic rings. The van der Waals surface area contributed by atoms with E-state index >= 15 is 0 Å². The molecule has 0 bridgehead atoms. The van der Waals surface area contributed by atoms with Gasteiger partial charge in [-0.15, -0.1) is 0 Å². The van der Waals surface area contributed by atoms with Crippen molar-refractivity contribution in [3.63, 3.8) is 0 Å². The maximum Gasteiger partial charge on any atom is 0.251 e. The Morgan fingerprint density at radius 1 is 0.968 bits per heavy atom. The Kier molecular flexibility index (Phi) is 8.11. The van der Waals surface area contributed by atoms with Crippen LogP contribution < -0.4 is 20.7 Å². The molecular formula is C24H28N4O3.